The molecule has 3 heterocycles. The van der Waals surface area contributed by atoms with Crippen LogP contribution in [0.1, 0.15) is 51.7 Å². The number of nitrogens with zero attached hydrogens (tertiary/aromatic N) is 2. The molecule has 12 aromatic rings. The van der Waals surface area contributed by atoms with Crippen LogP contribution in [0.4, 0.5) is 34.1 Å². The van der Waals surface area contributed by atoms with Gasteiger partial charge in [-0.25, -0.2) is 0 Å². The van der Waals surface area contributed by atoms with Crippen molar-refractivity contribution in [3.63, 3.8) is 0 Å². The van der Waals surface area contributed by atoms with E-state index in [1.807, 2.05) is 11.3 Å². The monoisotopic (exact) mass is 926 g/mol. The van der Waals surface area contributed by atoms with Crippen LogP contribution >= 0.6 is 11.3 Å². The van der Waals surface area contributed by atoms with Crippen molar-refractivity contribution in [2.75, 3.05) is 9.80 Å². The minimum absolute atomic E-state index is 0.0192. The fourth-order valence-corrected chi connectivity index (χ4v) is 13.2. The van der Waals surface area contributed by atoms with Crippen molar-refractivity contribution in [1.82, 2.24) is 0 Å². The number of hydrogen-bond donors (Lipinski definition) is 0. The van der Waals surface area contributed by atoms with Crippen LogP contribution in [0, 0.1) is 0 Å². The first-order valence-corrected chi connectivity index (χ1v) is 25.9. The molecule has 2 nitrogen and oxygen atoms in total. The topological polar surface area (TPSA) is 6.48 Å². The molecule has 2 aliphatic rings. The summed E-state index contributed by atoms with van der Waals surface area (Å²) in [5, 5.41) is 9.14. The third-order valence-corrected chi connectivity index (χ3v) is 16.7. The van der Waals surface area contributed by atoms with E-state index in [1.165, 1.54) is 125 Å². The molecule has 4 heteroatoms. The number of hydrogen-bond acceptors (Lipinski definition) is 3. The molecule has 0 atom stereocenters. The van der Waals surface area contributed by atoms with Gasteiger partial charge in [-0.05, 0) is 154 Å². The van der Waals surface area contributed by atoms with Gasteiger partial charge in [0.15, 0.2) is 0 Å². The Kier molecular flexibility index (Phi) is 9.35. The molecule has 0 N–H and O–H groups in total. The molecule has 0 saturated carbocycles. The third kappa shape index (κ3) is 6.54. The number of fused-ring (bicyclic) bond motifs is 6. The lowest BCUT2D eigenvalue weighted by Gasteiger charge is -2.44. The van der Waals surface area contributed by atoms with Gasteiger partial charge in [0.05, 0.1) is 5.69 Å². The van der Waals surface area contributed by atoms with Crippen molar-refractivity contribution >= 4 is 110 Å². The molecule has 11 aromatic carbocycles. The van der Waals surface area contributed by atoms with Gasteiger partial charge in [-0.1, -0.05) is 192 Å². The largest absolute Gasteiger partial charge is 0.311 e. The van der Waals surface area contributed by atoms with Gasteiger partial charge in [0.25, 0.3) is 6.71 Å². The molecule has 0 unspecified atom stereocenters. The Morgan fingerprint density at radius 2 is 1.03 bits per heavy atom. The lowest BCUT2D eigenvalue weighted by molar-refractivity contribution is 0.590. The number of thiophene rings is 1. The van der Waals surface area contributed by atoms with Gasteiger partial charge >= 0.3 is 0 Å². The maximum absolute atomic E-state index is 2.62. The molecule has 14 rings (SSSR count). The highest BCUT2D eigenvalue weighted by Gasteiger charge is 2.46. The molecule has 2 aliphatic heterocycles. The summed E-state index contributed by atoms with van der Waals surface area (Å²) in [6.45, 7) is 11.7. The van der Waals surface area contributed by atoms with E-state index in [2.05, 4.69) is 257 Å². The highest BCUT2D eigenvalue weighted by Crippen LogP contribution is 2.51. The summed E-state index contributed by atoms with van der Waals surface area (Å²) in [5.74, 6) is 0.419. The molecule has 0 fully saturated rings. The zero-order chi connectivity index (χ0) is 47.7. The average Bonchev–Trinajstić information content (AvgIpc) is 3.79. The molecular formula is C67H51BN2S. The lowest BCUT2D eigenvalue weighted by Crippen LogP contribution is -2.60. The van der Waals surface area contributed by atoms with E-state index >= 15 is 0 Å². The van der Waals surface area contributed by atoms with Crippen molar-refractivity contribution < 1.29 is 0 Å². The normalized spacial score (nSPS) is 13.2. The van der Waals surface area contributed by atoms with E-state index in [1.54, 1.807) is 0 Å². The summed E-state index contributed by atoms with van der Waals surface area (Å²) in [5.41, 5.74) is 19.9. The summed E-state index contributed by atoms with van der Waals surface area (Å²) < 4.78 is 2.72. The summed E-state index contributed by atoms with van der Waals surface area (Å²) in [7, 11) is 0. The van der Waals surface area contributed by atoms with Crippen LogP contribution in [-0.2, 0) is 5.41 Å². The first-order valence-electron chi connectivity index (χ1n) is 25.1. The molecule has 0 radical (unpaired) electrons. The number of benzene rings is 11. The van der Waals surface area contributed by atoms with Crippen LogP contribution in [0.2, 0.25) is 0 Å². The molecule has 338 valence electrons. The van der Waals surface area contributed by atoms with Gasteiger partial charge in [0.2, 0.25) is 0 Å². The average molecular weight is 927 g/mol. The van der Waals surface area contributed by atoms with E-state index in [0.717, 1.165) is 11.4 Å². The van der Waals surface area contributed by atoms with Gasteiger partial charge in [0, 0.05) is 43.3 Å². The minimum atomic E-state index is -0.131. The predicted molar refractivity (Wildman–Crippen MR) is 309 cm³/mol. The van der Waals surface area contributed by atoms with Gasteiger partial charge in [-0.2, -0.15) is 0 Å². The van der Waals surface area contributed by atoms with E-state index in [-0.39, 0.29) is 12.1 Å². The second kappa shape index (κ2) is 15.8. The molecule has 0 amide bonds. The summed E-state index contributed by atoms with van der Waals surface area (Å²) >= 11 is 1.99. The van der Waals surface area contributed by atoms with Crippen LogP contribution in [0.5, 0.6) is 0 Å². The van der Waals surface area contributed by atoms with E-state index in [0.29, 0.717) is 5.92 Å². The van der Waals surface area contributed by atoms with Crippen molar-refractivity contribution in [3.05, 3.63) is 223 Å². The van der Waals surface area contributed by atoms with Crippen LogP contribution in [0.25, 0.3) is 75.8 Å². The Morgan fingerprint density at radius 3 is 1.68 bits per heavy atom. The fourth-order valence-electron chi connectivity index (χ4n) is 11.9. The van der Waals surface area contributed by atoms with E-state index in [4.69, 9.17) is 0 Å². The van der Waals surface area contributed by atoms with Gasteiger partial charge < -0.3 is 9.80 Å². The van der Waals surface area contributed by atoms with Crippen LogP contribution < -0.4 is 25.5 Å². The second-order valence-corrected chi connectivity index (χ2v) is 22.2. The van der Waals surface area contributed by atoms with Gasteiger partial charge in [-0.3, -0.25) is 0 Å². The quantitative estimate of drug-likeness (QED) is 0.121. The van der Waals surface area contributed by atoms with E-state index < -0.39 is 0 Å². The first-order chi connectivity index (χ1) is 34.7. The smallest absolute Gasteiger partial charge is 0.264 e. The Morgan fingerprint density at radius 1 is 0.451 bits per heavy atom. The Bertz CT molecular complexity index is 4050. The Hall–Kier alpha value is -7.92. The molecule has 71 heavy (non-hydrogen) atoms. The molecule has 1 aromatic heterocycles. The summed E-state index contributed by atoms with van der Waals surface area (Å²) in [6, 6.07) is 80.4. The van der Waals surface area contributed by atoms with Crippen LogP contribution in [0.15, 0.2) is 212 Å². The van der Waals surface area contributed by atoms with Crippen LogP contribution in [-0.4, -0.2) is 6.71 Å². The SMILES string of the molecule is CC(C)c1ccc2c3c(sc2c1)B1c2cc(-c4cc5cccc6ccc7cccc4c7c65)ccc2N(c2ccc(-c4ccccc4)cc2)c2cc(C(C)(C)C)cc(c21)N3c1ccc(-c2ccccc2)cc1. The predicted octanol–water partition coefficient (Wildman–Crippen LogP) is 17.3. The van der Waals surface area contributed by atoms with Crippen molar-refractivity contribution in [3.8, 4) is 33.4 Å². The lowest BCUT2D eigenvalue weighted by atomic mass is 9.36. The third-order valence-electron chi connectivity index (χ3n) is 15.5. The highest BCUT2D eigenvalue weighted by molar-refractivity contribution is 7.33. The molecular weight excluding hydrogens is 876 g/mol. The standard InChI is InChI=1S/C67H51BN2S/c1-41(2)48-28-34-55-61(38-48)71-66-65(55)70(53-32-26-45(27-33-53)43-16-10-7-11-17-43)60-40-51(67(3,4)5)39-59-64(60)68(66)57-37-49(29-35-58(57)69(59)52-30-24-44(25-31-52)42-14-8-6-9-15-42)56-36-50-20-12-18-46-22-23-47-19-13-21-54(56)63(47)62(46)50/h6-41H,1-5H3. The summed E-state index contributed by atoms with van der Waals surface area (Å²) in [4.78, 5) is 5.20. The van der Waals surface area contributed by atoms with Gasteiger partial charge in [0.1, 0.15) is 0 Å². The molecule has 0 aliphatic carbocycles. The highest BCUT2D eigenvalue weighted by atomic mass is 32.1. The summed E-state index contributed by atoms with van der Waals surface area (Å²) in [6.07, 6.45) is 0. The fraction of sp³-hybridized carbons (Fsp3) is 0.104. The number of rotatable bonds is 6. The Labute approximate surface area is 420 Å². The minimum Gasteiger partial charge on any atom is -0.311 e. The first kappa shape index (κ1) is 42.0. The Balaban J connectivity index is 1.07. The maximum atomic E-state index is 2.62. The van der Waals surface area contributed by atoms with Crippen molar-refractivity contribution in [1.29, 1.82) is 0 Å². The van der Waals surface area contributed by atoms with Gasteiger partial charge in [-0.15, -0.1) is 11.3 Å². The maximum Gasteiger partial charge on any atom is 0.264 e. The molecule has 0 spiro atoms. The molecule has 0 saturated heterocycles. The number of anilines is 6. The zero-order valence-corrected chi connectivity index (χ0v) is 41.5. The van der Waals surface area contributed by atoms with Crippen molar-refractivity contribution in [2.45, 2.75) is 46.0 Å². The second-order valence-electron chi connectivity index (χ2n) is 21.1. The van der Waals surface area contributed by atoms with Crippen LogP contribution in [0.3, 0.4) is 0 Å². The van der Waals surface area contributed by atoms with Crippen molar-refractivity contribution in [2.24, 2.45) is 0 Å². The molecule has 0 bridgehead atoms. The zero-order valence-electron chi connectivity index (χ0n) is 40.7. The van der Waals surface area contributed by atoms with E-state index in [9.17, 15) is 0 Å².